The van der Waals surface area contributed by atoms with Crippen LogP contribution in [-0.2, 0) is 6.54 Å². The van der Waals surface area contributed by atoms with Crippen LogP contribution in [0, 0.1) is 6.92 Å². The van der Waals surface area contributed by atoms with Crippen LogP contribution in [-0.4, -0.2) is 24.7 Å². The Morgan fingerprint density at radius 2 is 1.54 bits per heavy atom. The molecule has 3 aromatic heterocycles. The number of unbranched alkanes of at least 4 members (excludes halogenated alkanes) is 1. The predicted octanol–water partition coefficient (Wildman–Crippen LogP) is 7.15. The summed E-state index contributed by atoms with van der Waals surface area (Å²) in [6.07, 6.45) is 6.62. The molecule has 0 aliphatic heterocycles. The van der Waals surface area contributed by atoms with Crippen molar-refractivity contribution < 1.29 is 0 Å². The molecule has 1 N–H and O–H groups in total. The van der Waals surface area contributed by atoms with Crippen molar-refractivity contribution in [2.24, 2.45) is 0 Å². The van der Waals surface area contributed by atoms with Crippen LogP contribution in [0.5, 0.6) is 0 Å². The standard InChI is InChI=1S/C29H29N5S/c1-21-20-25(22-15-17-30-18-16-22)33-34(21)19-9-8-14-26(35)29-31-27(23-10-4-2-5-11-23)28(32-29)24-12-6-3-7-13-24/h2-7,10-13,15-18,20,26,35H,8-9,14,19H2,1H3,(H,31,32). The first kappa shape index (κ1) is 23.1. The SMILES string of the molecule is Cc1cc(-c2ccncc2)nn1CCCCC(S)c1nc(-c2ccccc2)c(-c2ccccc2)[nH]1. The fraction of sp³-hybridized carbons (Fsp3) is 0.207. The molecular weight excluding hydrogens is 450 g/mol. The van der Waals surface area contributed by atoms with E-state index in [1.807, 2.05) is 36.4 Å². The molecule has 0 aliphatic rings. The molecule has 5 aromatic rings. The average molecular weight is 480 g/mol. The Balaban J connectivity index is 1.25. The topological polar surface area (TPSA) is 59.4 Å². The Hall–Kier alpha value is -3.64. The van der Waals surface area contributed by atoms with Crippen LogP contribution in [0.1, 0.15) is 36.0 Å². The predicted molar refractivity (Wildman–Crippen MR) is 145 cm³/mol. The Kier molecular flexibility index (Phi) is 7.09. The van der Waals surface area contributed by atoms with Crippen LogP contribution in [0.4, 0.5) is 0 Å². The van der Waals surface area contributed by atoms with Crippen molar-refractivity contribution in [3.63, 3.8) is 0 Å². The van der Waals surface area contributed by atoms with Gasteiger partial charge in [0.05, 0.1) is 22.3 Å². The van der Waals surface area contributed by atoms with Crippen LogP contribution in [0.3, 0.4) is 0 Å². The van der Waals surface area contributed by atoms with Gasteiger partial charge in [0.25, 0.3) is 0 Å². The Morgan fingerprint density at radius 1 is 0.857 bits per heavy atom. The molecule has 0 radical (unpaired) electrons. The number of hydrogen-bond acceptors (Lipinski definition) is 4. The van der Waals surface area contributed by atoms with Crippen molar-refractivity contribution in [1.82, 2.24) is 24.7 Å². The molecule has 5 nitrogen and oxygen atoms in total. The molecule has 0 bridgehead atoms. The zero-order valence-corrected chi connectivity index (χ0v) is 20.7. The van der Waals surface area contributed by atoms with E-state index in [2.05, 4.69) is 64.0 Å². The van der Waals surface area contributed by atoms with Gasteiger partial charge in [-0.15, -0.1) is 0 Å². The molecule has 0 spiro atoms. The first-order valence-corrected chi connectivity index (χ1v) is 12.5. The van der Waals surface area contributed by atoms with E-state index in [0.717, 1.165) is 65.4 Å². The smallest absolute Gasteiger partial charge is 0.120 e. The van der Waals surface area contributed by atoms with Crippen LogP contribution in [0.2, 0.25) is 0 Å². The lowest BCUT2D eigenvalue weighted by atomic mass is 10.1. The highest BCUT2D eigenvalue weighted by molar-refractivity contribution is 7.80. The largest absolute Gasteiger partial charge is 0.341 e. The maximum Gasteiger partial charge on any atom is 0.120 e. The number of rotatable bonds is 9. The maximum absolute atomic E-state index is 4.99. The zero-order valence-electron chi connectivity index (χ0n) is 19.8. The third-order valence-electron chi connectivity index (χ3n) is 6.20. The van der Waals surface area contributed by atoms with Gasteiger partial charge in [0, 0.05) is 41.3 Å². The number of aryl methyl sites for hydroxylation is 2. The van der Waals surface area contributed by atoms with E-state index in [4.69, 9.17) is 22.7 Å². The molecule has 0 fully saturated rings. The molecule has 2 aromatic carbocycles. The minimum atomic E-state index is 0.0426. The van der Waals surface area contributed by atoms with Crippen LogP contribution in [0.25, 0.3) is 33.8 Å². The van der Waals surface area contributed by atoms with Crippen LogP contribution < -0.4 is 0 Å². The highest BCUT2D eigenvalue weighted by atomic mass is 32.1. The molecule has 176 valence electrons. The Morgan fingerprint density at radius 3 is 2.26 bits per heavy atom. The van der Waals surface area contributed by atoms with E-state index in [1.54, 1.807) is 12.4 Å². The van der Waals surface area contributed by atoms with Crippen molar-refractivity contribution in [3.05, 3.63) is 103 Å². The van der Waals surface area contributed by atoms with Crippen molar-refractivity contribution >= 4 is 12.6 Å². The molecule has 0 saturated carbocycles. The van der Waals surface area contributed by atoms with Gasteiger partial charge >= 0.3 is 0 Å². The molecule has 6 heteroatoms. The third-order valence-corrected chi connectivity index (χ3v) is 6.70. The minimum absolute atomic E-state index is 0.0426. The summed E-state index contributed by atoms with van der Waals surface area (Å²) in [5, 5.41) is 4.83. The molecule has 1 atom stereocenters. The second-order valence-electron chi connectivity index (χ2n) is 8.72. The minimum Gasteiger partial charge on any atom is -0.341 e. The molecule has 0 aliphatic carbocycles. The Labute approximate surface area is 211 Å². The van der Waals surface area contributed by atoms with Crippen molar-refractivity contribution in [2.75, 3.05) is 0 Å². The van der Waals surface area contributed by atoms with Gasteiger partial charge in [-0.1, -0.05) is 67.1 Å². The Bertz CT molecular complexity index is 1300. The van der Waals surface area contributed by atoms with Crippen molar-refractivity contribution in [1.29, 1.82) is 0 Å². The molecule has 0 saturated heterocycles. The number of thiol groups is 1. The van der Waals surface area contributed by atoms with E-state index in [0.29, 0.717) is 0 Å². The molecule has 35 heavy (non-hydrogen) atoms. The number of benzene rings is 2. The zero-order chi connectivity index (χ0) is 24.0. The fourth-order valence-corrected chi connectivity index (χ4v) is 4.61. The third kappa shape index (κ3) is 5.38. The second-order valence-corrected chi connectivity index (χ2v) is 9.34. The van der Waals surface area contributed by atoms with Gasteiger partial charge in [0.1, 0.15) is 5.82 Å². The van der Waals surface area contributed by atoms with Gasteiger partial charge < -0.3 is 4.98 Å². The summed E-state index contributed by atoms with van der Waals surface area (Å²) in [5.74, 6) is 0.918. The first-order valence-electron chi connectivity index (χ1n) is 12.0. The van der Waals surface area contributed by atoms with Crippen molar-refractivity contribution in [3.8, 4) is 33.8 Å². The van der Waals surface area contributed by atoms with E-state index in [1.165, 1.54) is 5.69 Å². The van der Waals surface area contributed by atoms with E-state index < -0.39 is 0 Å². The van der Waals surface area contributed by atoms with Gasteiger partial charge in [-0.2, -0.15) is 17.7 Å². The molecule has 1 unspecified atom stereocenters. The summed E-state index contributed by atoms with van der Waals surface area (Å²) in [5.41, 5.74) is 7.51. The van der Waals surface area contributed by atoms with E-state index in [-0.39, 0.29) is 5.25 Å². The summed E-state index contributed by atoms with van der Waals surface area (Å²) < 4.78 is 2.09. The van der Waals surface area contributed by atoms with E-state index in [9.17, 15) is 0 Å². The number of H-pyrrole nitrogens is 1. The highest BCUT2D eigenvalue weighted by Gasteiger charge is 2.18. The second kappa shape index (κ2) is 10.7. The monoisotopic (exact) mass is 479 g/mol. The summed E-state index contributed by atoms with van der Waals surface area (Å²) in [6.45, 7) is 3.00. The molecule has 0 amide bonds. The van der Waals surface area contributed by atoms with Gasteiger partial charge in [-0.3, -0.25) is 9.67 Å². The summed E-state index contributed by atoms with van der Waals surface area (Å²) in [7, 11) is 0. The van der Waals surface area contributed by atoms with E-state index >= 15 is 0 Å². The number of aromatic nitrogens is 5. The number of imidazole rings is 1. The van der Waals surface area contributed by atoms with Gasteiger partial charge in [0.15, 0.2) is 0 Å². The maximum atomic E-state index is 4.99. The highest BCUT2D eigenvalue weighted by Crippen LogP contribution is 2.34. The van der Waals surface area contributed by atoms with Gasteiger partial charge in [-0.05, 0) is 38.0 Å². The molecular formula is C29H29N5S. The number of aromatic amines is 1. The quantitative estimate of drug-likeness (QED) is 0.174. The van der Waals surface area contributed by atoms with Crippen molar-refractivity contribution in [2.45, 2.75) is 38.0 Å². The lowest BCUT2D eigenvalue weighted by Crippen LogP contribution is -2.03. The van der Waals surface area contributed by atoms with Crippen LogP contribution >= 0.6 is 12.6 Å². The lowest BCUT2D eigenvalue weighted by Gasteiger charge is -2.08. The summed E-state index contributed by atoms with van der Waals surface area (Å²) in [4.78, 5) is 12.7. The summed E-state index contributed by atoms with van der Waals surface area (Å²) >= 11 is 4.92. The summed E-state index contributed by atoms with van der Waals surface area (Å²) in [6, 6.07) is 26.8. The average Bonchev–Trinajstić information content (AvgIpc) is 3.52. The number of nitrogens with zero attached hydrogens (tertiary/aromatic N) is 4. The van der Waals surface area contributed by atoms with Gasteiger partial charge in [-0.25, -0.2) is 4.98 Å². The number of pyridine rings is 1. The molecule has 5 rings (SSSR count). The van der Waals surface area contributed by atoms with Crippen LogP contribution in [0.15, 0.2) is 91.3 Å². The normalized spacial score (nSPS) is 12.1. The number of nitrogens with one attached hydrogen (secondary N) is 1. The fourth-order valence-electron chi connectivity index (χ4n) is 4.30. The number of hydrogen-bond donors (Lipinski definition) is 2. The first-order chi connectivity index (χ1) is 17.2. The lowest BCUT2D eigenvalue weighted by molar-refractivity contribution is 0.531. The molecule has 3 heterocycles. The van der Waals surface area contributed by atoms with Gasteiger partial charge in [0.2, 0.25) is 0 Å².